The van der Waals surface area contributed by atoms with E-state index in [9.17, 15) is 0 Å². The monoisotopic (exact) mass is 475 g/mol. The minimum atomic E-state index is 0.203. The fraction of sp³-hybridized carbons (Fsp3) is 0.409. The van der Waals surface area contributed by atoms with E-state index in [0.717, 1.165) is 50.3 Å². The van der Waals surface area contributed by atoms with Gasteiger partial charge in [0.15, 0.2) is 5.82 Å². The average molecular weight is 476 g/mol. The smallest absolute Gasteiger partial charge is 0.220 e. The molecule has 2 saturated heterocycles. The fourth-order valence-electron chi connectivity index (χ4n) is 4.53. The first-order chi connectivity index (χ1) is 15.4. The lowest BCUT2D eigenvalue weighted by Gasteiger charge is -2.52. The Bertz CT molecular complexity index is 1160. The Balaban J connectivity index is 1.66. The molecule has 2 aliphatic rings. The fourth-order valence-corrected chi connectivity index (χ4v) is 5.22. The van der Waals surface area contributed by atoms with Gasteiger partial charge in [0.25, 0.3) is 0 Å². The predicted molar refractivity (Wildman–Crippen MR) is 125 cm³/mol. The molecule has 2 fully saturated rings. The van der Waals surface area contributed by atoms with Gasteiger partial charge < -0.3 is 24.8 Å². The average Bonchev–Trinajstić information content (AvgIpc) is 2.78. The first-order valence-electron chi connectivity index (χ1n) is 10.3. The van der Waals surface area contributed by atoms with Crippen molar-refractivity contribution in [3.05, 3.63) is 28.4 Å². The van der Waals surface area contributed by atoms with Crippen molar-refractivity contribution < 1.29 is 14.2 Å². The number of hydrogen-bond donors (Lipinski definition) is 1. The summed E-state index contributed by atoms with van der Waals surface area (Å²) in [6.07, 6.45) is 3.78. The zero-order chi connectivity index (χ0) is 22.5. The van der Waals surface area contributed by atoms with Crippen LogP contribution in [0.25, 0.3) is 22.2 Å². The number of hydrogen-bond acceptors (Lipinski definition) is 8. The summed E-state index contributed by atoms with van der Waals surface area (Å²) in [4.78, 5) is 15.8. The zero-order valence-electron chi connectivity index (χ0n) is 17.8. The number of nitrogens with two attached hydrogens (primary N) is 1. The van der Waals surface area contributed by atoms with E-state index in [1.54, 1.807) is 26.5 Å². The third kappa shape index (κ3) is 3.46. The van der Waals surface area contributed by atoms with Gasteiger partial charge in [-0.15, -0.1) is 0 Å². The van der Waals surface area contributed by atoms with Gasteiger partial charge in [-0.3, -0.25) is 0 Å². The standard InChI is InChI=1S/C22H23Cl2N5O3/c1-30-14-8-15(31-2)18(24)16(17(14)23)13-7-12-9-26-21(25)28-19(12)20(27-13)29-10-22(11-29)3-5-32-6-4-22/h7-9H,3-6,10-11H2,1-2H3,(H2,25,26,28). The summed E-state index contributed by atoms with van der Waals surface area (Å²) < 4.78 is 16.4. The lowest BCUT2D eigenvalue weighted by molar-refractivity contribution is -0.000358. The van der Waals surface area contributed by atoms with Crippen LogP contribution in [0, 0.1) is 5.41 Å². The second kappa shape index (κ2) is 8.10. The van der Waals surface area contributed by atoms with Crippen molar-refractivity contribution in [2.75, 3.05) is 51.2 Å². The largest absolute Gasteiger partial charge is 0.495 e. The maximum Gasteiger partial charge on any atom is 0.220 e. The molecule has 4 heterocycles. The van der Waals surface area contributed by atoms with E-state index in [4.69, 9.17) is 48.1 Å². The maximum absolute atomic E-state index is 6.67. The lowest BCUT2D eigenvalue weighted by Crippen LogP contribution is -2.59. The van der Waals surface area contributed by atoms with Crippen LogP contribution in [0.1, 0.15) is 12.8 Å². The van der Waals surface area contributed by atoms with Crippen molar-refractivity contribution in [1.82, 2.24) is 15.0 Å². The summed E-state index contributed by atoms with van der Waals surface area (Å²) >= 11 is 13.3. The number of aromatic nitrogens is 3. The molecule has 8 nitrogen and oxygen atoms in total. The number of ether oxygens (including phenoxy) is 3. The van der Waals surface area contributed by atoms with Crippen molar-refractivity contribution in [3.63, 3.8) is 0 Å². The Morgan fingerprint density at radius 3 is 2.31 bits per heavy atom. The van der Waals surface area contributed by atoms with Crippen molar-refractivity contribution in [2.45, 2.75) is 12.8 Å². The quantitative estimate of drug-likeness (QED) is 0.598. The zero-order valence-corrected chi connectivity index (χ0v) is 19.3. The topological polar surface area (TPSA) is 95.6 Å². The van der Waals surface area contributed by atoms with Crippen molar-refractivity contribution in [2.24, 2.45) is 5.41 Å². The summed E-state index contributed by atoms with van der Waals surface area (Å²) in [5, 5.41) is 1.51. The van der Waals surface area contributed by atoms with Gasteiger partial charge >= 0.3 is 0 Å². The Hall–Kier alpha value is -2.55. The summed E-state index contributed by atoms with van der Waals surface area (Å²) in [6, 6.07) is 3.51. The molecule has 2 aromatic heterocycles. The van der Waals surface area contributed by atoms with Crippen molar-refractivity contribution in [1.29, 1.82) is 0 Å². The molecule has 168 valence electrons. The van der Waals surface area contributed by atoms with Crippen LogP contribution in [0.15, 0.2) is 18.3 Å². The summed E-state index contributed by atoms with van der Waals surface area (Å²) in [7, 11) is 3.09. The van der Waals surface area contributed by atoms with Crippen molar-refractivity contribution >= 4 is 45.9 Å². The van der Waals surface area contributed by atoms with Gasteiger partial charge in [-0.25, -0.2) is 15.0 Å². The molecule has 10 heteroatoms. The van der Waals surface area contributed by atoms with E-state index in [2.05, 4.69) is 14.9 Å². The van der Waals surface area contributed by atoms with Gasteiger partial charge in [-0.2, -0.15) is 0 Å². The molecule has 0 unspecified atom stereocenters. The van der Waals surface area contributed by atoms with E-state index >= 15 is 0 Å². The second-order valence-corrected chi connectivity index (χ2v) is 9.01. The van der Waals surface area contributed by atoms with Crippen LogP contribution in [-0.2, 0) is 4.74 Å². The Morgan fingerprint density at radius 1 is 1.03 bits per heavy atom. The first kappa shape index (κ1) is 21.3. The third-order valence-corrected chi connectivity index (χ3v) is 7.05. The predicted octanol–water partition coefficient (Wildman–Crippen LogP) is 4.21. The molecule has 2 N–H and O–H groups in total. The van der Waals surface area contributed by atoms with E-state index in [1.807, 2.05) is 6.07 Å². The highest BCUT2D eigenvalue weighted by Crippen LogP contribution is 2.48. The van der Waals surface area contributed by atoms with Gasteiger partial charge in [-0.1, -0.05) is 23.2 Å². The number of rotatable bonds is 4. The van der Waals surface area contributed by atoms with Crippen molar-refractivity contribution in [3.8, 4) is 22.8 Å². The van der Waals surface area contributed by atoms with Crippen LogP contribution in [0.3, 0.4) is 0 Å². The van der Waals surface area contributed by atoms with Gasteiger partial charge in [0, 0.05) is 54.9 Å². The van der Waals surface area contributed by atoms with Gasteiger partial charge in [0.05, 0.1) is 30.0 Å². The van der Waals surface area contributed by atoms with Crippen LogP contribution >= 0.6 is 23.2 Å². The van der Waals surface area contributed by atoms with E-state index < -0.39 is 0 Å². The molecular formula is C22H23Cl2N5O3. The normalized spacial score (nSPS) is 17.4. The molecule has 32 heavy (non-hydrogen) atoms. The number of benzene rings is 1. The Morgan fingerprint density at radius 2 is 1.69 bits per heavy atom. The van der Waals surface area contributed by atoms with Gasteiger partial charge in [0.1, 0.15) is 17.0 Å². The highest BCUT2D eigenvalue weighted by Gasteiger charge is 2.45. The van der Waals surface area contributed by atoms with Gasteiger partial charge in [-0.05, 0) is 18.9 Å². The number of halogens is 2. The summed E-state index contributed by atoms with van der Waals surface area (Å²) in [6.45, 7) is 3.36. The lowest BCUT2D eigenvalue weighted by atomic mass is 9.73. The van der Waals surface area contributed by atoms with E-state index in [1.165, 1.54) is 0 Å². The summed E-state index contributed by atoms with van der Waals surface area (Å²) in [5.41, 5.74) is 7.98. The Kier molecular flexibility index (Phi) is 5.39. The molecule has 5 rings (SSSR count). The highest BCUT2D eigenvalue weighted by molar-refractivity contribution is 6.41. The first-order valence-corrected chi connectivity index (χ1v) is 11.1. The number of fused-ring (bicyclic) bond motifs is 1. The highest BCUT2D eigenvalue weighted by atomic mass is 35.5. The van der Waals surface area contributed by atoms with Crippen LogP contribution in [0.4, 0.5) is 11.8 Å². The number of pyridine rings is 1. The number of anilines is 2. The molecule has 0 radical (unpaired) electrons. The molecule has 0 saturated carbocycles. The molecule has 0 atom stereocenters. The Labute approximate surface area is 195 Å². The molecule has 1 spiro atoms. The number of methoxy groups -OCH3 is 2. The van der Waals surface area contributed by atoms with E-state index in [-0.39, 0.29) is 11.4 Å². The second-order valence-electron chi connectivity index (χ2n) is 8.25. The molecule has 1 aromatic carbocycles. The van der Waals surface area contributed by atoms with Crippen LogP contribution in [0.2, 0.25) is 10.0 Å². The molecule has 0 aliphatic carbocycles. The molecule has 0 amide bonds. The van der Waals surface area contributed by atoms with E-state index in [0.29, 0.717) is 38.3 Å². The van der Waals surface area contributed by atoms with Crippen LogP contribution < -0.4 is 20.1 Å². The SMILES string of the molecule is COc1cc(OC)c(Cl)c(-c2cc3cnc(N)nc3c(N3CC4(CCOCC4)C3)n2)c1Cl. The van der Waals surface area contributed by atoms with Crippen LogP contribution in [-0.4, -0.2) is 55.5 Å². The molecule has 0 bridgehead atoms. The van der Waals surface area contributed by atoms with Crippen LogP contribution in [0.5, 0.6) is 11.5 Å². The third-order valence-electron chi connectivity index (χ3n) is 6.30. The molecular weight excluding hydrogens is 453 g/mol. The number of nitrogen functional groups attached to an aromatic ring is 1. The molecule has 3 aromatic rings. The minimum absolute atomic E-state index is 0.203. The summed E-state index contributed by atoms with van der Waals surface area (Å²) in [5.74, 6) is 1.83. The van der Waals surface area contributed by atoms with Gasteiger partial charge in [0.2, 0.25) is 5.95 Å². The minimum Gasteiger partial charge on any atom is -0.495 e. The number of nitrogens with zero attached hydrogens (tertiary/aromatic N) is 4. The maximum atomic E-state index is 6.67. The molecule has 2 aliphatic heterocycles.